The van der Waals surface area contributed by atoms with Crippen molar-refractivity contribution in [3.63, 3.8) is 0 Å². The summed E-state index contributed by atoms with van der Waals surface area (Å²) in [5.74, 6) is -2.18. The van der Waals surface area contributed by atoms with Gasteiger partial charge in [-0.2, -0.15) is 0 Å². The van der Waals surface area contributed by atoms with E-state index in [4.69, 9.17) is 5.11 Å². The molecular weight excluding hydrogens is 232 g/mol. The van der Waals surface area contributed by atoms with Crippen LogP contribution in [0, 0.1) is 6.92 Å². The number of aliphatic carboxylic acids is 1. The molecule has 0 radical (unpaired) electrons. The minimum Gasteiger partial charge on any atom is -0.474 e. The third-order valence-corrected chi connectivity index (χ3v) is 3.21. The predicted molar refractivity (Wildman–Crippen MR) is 67.6 cm³/mol. The van der Waals surface area contributed by atoms with Crippen molar-refractivity contribution in [2.45, 2.75) is 6.92 Å². The molecule has 1 N–H and O–H groups in total. The molecular formula is C13H16N2O3. The lowest BCUT2D eigenvalue weighted by Gasteiger charge is -2.36. The summed E-state index contributed by atoms with van der Waals surface area (Å²) in [5, 5.41) is 8.66. The van der Waals surface area contributed by atoms with Crippen molar-refractivity contribution in [2.24, 2.45) is 0 Å². The Morgan fingerprint density at radius 3 is 2.28 bits per heavy atom. The Labute approximate surface area is 106 Å². The smallest absolute Gasteiger partial charge is 0.394 e. The Balaban J connectivity index is 2.01. The number of carboxylic acids is 1. The van der Waals surface area contributed by atoms with Crippen LogP contribution < -0.4 is 4.90 Å². The zero-order valence-electron chi connectivity index (χ0n) is 10.3. The van der Waals surface area contributed by atoms with Crippen molar-refractivity contribution in [2.75, 3.05) is 31.1 Å². The van der Waals surface area contributed by atoms with Gasteiger partial charge in [0.05, 0.1) is 0 Å². The molecule has 1 aliphatic heterocycles. The molecule has 1 aromatic carbocycles. The van der Waals surface area contributed by atoms with E-state index < -0.39 is 11.9 Å². The summed E-state index contributed by atoms with van der Waals surface area (Å²) in [4.78, 5) is 25.5. The van der Waals surface area contributed by atoms with Crippen molar-refractivity contribution in [3.05, 3.63) is 29.8 Å². The van der Waals surface area contributed by atoms with Gasteiger partial charge in [0, 0.05) is 31.9 Å². The molecule has 0 bridgehead atoms. The van der Waals surface area contributed by atoms with E-state index in [9.17, 15) is 9.59 Å². The van der Waals surface area contributed by atoms with Crippen molar-refractivity contribution in [3.8, 4) is 0 Å². The number of para-hydroxylation sites is 1. The highest BCUT2D eigenvalue weighted by Crippen LogP contribution is 2.20. The molecule has 1 aliphatic rings. The molecule has 0 atom stereocenters. The van der Waals surface area contributed by atoms with Gasteiger partial charge in [-0.05, 0) is 18.6 Å². The molecule has 96 valence electrons. The van der Waals surface area contributed by atoms with Gasteiger partial charge < -0.3 is 14.9 Å². The van der Waals surface area contributed by atoms with Gasteiger partial charge in [-0.1, -0.05) is 18.2 Å². The van der Waals surface area contributed by atoms with Crippen LogP contribution in [0.15, 0.2) is 24.3 Å². The van der Waals surface area contributed by atoms with Crippen molar-refractivity contribution < 1.29 is 14.7 Å². The topological polar surface area (TPSA) is 60.9 Å². The second kappa shape index (κ2) is 5.08. The molecule has 1 saturated heterocycles. The van der Waals surface area contributed by atoms with Gasteiger partial charge in [0.1, 0.15) is 0 Å². The third-order valence-electron chi connectivity index (χ3n) is 3.21. The zero-order chi connectivity index (χ0) is 13.1. The molecule has 5 nitrogen and oxygen atoms in total. The van der Waals surface area contributed by atoms with E-state index in [1.54, 1.807) is 0 Å². The van der Waals surface area contributed by atoms with Crippen molar-refractivity contribution >= 4 is 17.6 Å². The van der Waals surface area contributed by atoms with E-state index >= 15 is 0 Å². The third kappa shape index (κ3) is 2.45. The molecule has 0 unspecified atom stereocenters. The summed E-state index contributed by atoms with van der Waals surface area (Å²) in [5.41, 5.74) is 2.34. The lowest BCUT2D eigenvalue weighted by Crippen LogP contribution is -2.50. The monoisotopic (exact) mass is 248 g/mol. The largest absolute Gasteiger partial charge is 0.474 e. The number of piperazine rings is 1. The number of rotatable bonds is 1. The van der Waals surface area contributed by atoms with E-state index in [1.165, 1.54) is 10.5 Å². The highest BCUT2D eigenvalue weighted by Gasteiger charge is 2.25. The molecule has 1 aromatic rings. The average molecular weight is 248 g/mol. The molecule has 1 amide bonds. The Kier molecular flexibility index (Phi) is 3.50. The first-order valence-corrected chi connectivity index (χ1v) is 5.92. The van der Waals surface area contributed by atoms with Crippen LogP contribution in [-0.4, -0.2) is 48.1 Å². The molecule has 0 spiro atoms. The number of anilines is 1. The Hall–Kier alpha value is -2.04. The van der Waals surface area contributed by atoms with Gasteiger partial charge in [0.15, 0.2) is 0 Å². The number of hydrogen-bond donors (Lipinski definition) is 1. The van der Waals surface area contributed by atoms with Crippen LogP contribution >= 0.6 is 0 Å². The highest BCUT2D eigenvalue weighted by atomic mass is 16.4. The number of carboxylic acid groups (broad SMARTS) is 1. The molecule has 5 heteroatoms. The second-order valence-electron chi connectivity index (χ2n) is 4.37. The first-order chi connectivity index (χ1) is 8.59. The van der Waals surface area contributed by atoms with E-state index in [0.29, 0.717) is 26.2 Å². The van der Waals surface area contributed by atoms with Crippen molar-refractivity contribution in [1.29, 1.82) is 0 Å². The summed E-state index contributed by atoms with van der Waals surface area (Å²) < 4.78 is 0. The normalized spacial score (nSPS) is 15.6. The number of benzene rings is 1. The SMILES string of the molecule is Cc1ccccc1N1CCN(C(=O)C(=O)O)CC1. The van der Waals surface area contributed by atoms with Gasteiger partial charge in [0.25, 0.3) is 0 Å². The number of nitrogens with zero attached hydrogens (tertiary/aromatic N) is 2. The highest BCUT2D eigenvalue weighted by molar-refractivity contribution is 6.31. The lowest BCUT2D eigenvalue weighted by atomic mass is 10.1. The standard InChI is InChI=1S/C13H16N2O3/c1-10-4-2-3-5-11(10)14-6-8-15(9-7-14)12(16)13(17)18/h2-5H,6-9H2,1H3,(H,17,18). The molecule has 0 aromatic heterocycles. The molecule has 1 fully saturated rings. The summed E-state index contributed by atoms with van der Waals surface area (Å²) >= 11 is 0. The Bertz CT molecular complexity index is 465. The number of aryl methyl sites for hydroxylation is 1. The molecule has 0 saturated carbocycles. The van der Waals surface area contributed by atoms with E-state index in [2.05, 4.69) is 4.90 Å². The minimum absolute atomic E-state index is 0.458. The van der Waals surface area contributed by atoms with Crippen molar-refractivity contribution in [1.82, 2.24) is 4.90 Å². The number of carbonyl (C=O) groups is 2. The van der Waals surface area contributed by atoms with Crippen LogP contribution in [-0.2, 0) is 9.59 Å². The number of carbonyl (C=O) groups excluding carboxylic acids is 1. The number of amides is 1. The Morgan fingerprint density at radius 2 is 1.72 bits per heavy atom. The van der Waals surface area contributed by atoms with Gasteiger partial charge in [0.2, 0.25) is 0 Å². The predicted octanol–water partition coefficient (Wildman–Crippen LogP) is 0.728. The van der Waals surface area contributed by atoms with Crippen LogP contribution in [0.2, 0.25) is 0 Å². The maximum atomic E-state index is 11.3. The molecule has 0 aliphatic carbocycles. The summed E-state index contributed by atoms with van der Waals surface area (Å²) in [6.45, 7) is 4.30. The van der Waals surface area contributed by atoms with E-state index in [-0.39, 0.29) is 0 Å². The van der Waals surface area contributed by atoms with E-state index in [0.717, 1.165) is 5.69 Å². The van der Waals surface area contributed by atoms with Gasteiger partial charge in [-0.25, -0.2) is 4.79 Å². The lowest BCUT2D eigenvalue weighted by molar-refractivity contribution is -0.156. The quantitative estimate of drug-likeness (QED) is 0.744. The molecule has 1 heterocycles. The van der Waals surface area contributed by atoms with Crippen LogP contribution in [0.3, 0.4) is 0 Å². The molecule has 2 rings (SSSR count). The van der Waals surface area contributed by atoms with Crippen LogP contribution in [0.5, 0.6) is 0 Å². The minimum atomic E-state index is -1.38. The number of hydrogen-bond acceptors (Lipinski definition) is 3. The first kappa shape index (κ1) is 12.4. The maximum absolute atomic E-state index is 11.3. The van der Waals surface area contributed by atoms with E-state index in [1.807, 2.05) is 31.2 Å². The summed E-state index contributed by atoms with van der Waals surface area (Å²) in [7, 11) is 0. The molecule has 18 heavy (non-hydrogen) atoms. The fourth-order valence-electron chi connectivity index (χ4n) is 2.20. The van der Waals surface area contributed by atoms with Crippen LogP contribution in [0.1, 0.15) is 5.56 Å². The van der Waals surface area contributed by atoms with Crippen LogP contribution in [0.25, 0.3) is 0 Å². The van der Waals surface area contributed by atoms with Crippen LogP contribution in [0.4, 0.5) is 5.69 Å². The maximum Gasteiger partial charge on any atom is 0.394 e. The van der Waals surface area contributed by atoms with Gasteiger partial charge in [-0.3, -0.25) is 4.79 Å². The second-order valence-corrected chi connectivity index (χ2v) is 4.37. The first-order valence-electron chi connectivity index (χ1n) is 5.92. The summed E-state index contributed by atoms with van der Waals surface area (Å²) in [6, 6.07) is 8.06. The Morgan fingerprint density at radius 1 is 1.11 bits per heavy atom. The fourth-order valence-corrected chi connectivity index (χ4v) is 2.20. The zero-order valence-corrected chi connectivity index (χ0v) is 10.3. The van der Waals surface area contributed by atoms with Gasteiger partial charge >= 0.3 is 11.9 Å². The fraction of sp³-hybridized carbons (Fsp3) is 0.385. The average Bonchev–Trinajstić information content (AvgIpc) is 2.38. The van der Waals surface area contributed by atoms with Gasteiger partial charge in [-0.15, -0.1) is 0 Å². The summed E-state index contributed by atoms with van der Waals surface area (Å²) in [6.07, 6.45) is 0.